The maximum atomic E-state index is 5.84. The van der Waals surface area contributed by atoms with Crippen LogP contribution in [0.2, 0.25) is 0 Å². The molecular weight excluding hydrogens is 316 g/mol. The van der Waals surface area contributed by atoms with Crippen molar-refractivity contribution in [3.8, 4) is 0 Å². The Bertz CT molecular complexity index is 411. The van der Waals surface area contributed by atoms with E-state index in [1.54, 1.807) is 0 Å². The van der Waals surface area contributed by atoms with Crippen LogP contribution in [0.25, 0.3) is 0 Å². The quantitative estimate of drug-likeness (QED) is 0.861. The molecule has 0 saturated carbocycles. The summed E-state index contributed by atoms with van der Waals surface area (Å²) in [5, 5.41) is 3.50. The lowest BCUT2D eigenvalue weighted by atomic mass is 10.1. The van der Waals surface area contributed by atoms with E-state index in [2.05, 4.69) is 64.3 Å². The SMILES string of the molecule is CC(C)CN1CCOC(CNCc2cccc(Br)c2)C1. The highest BCUT2D eigenvalue weighted by molar-refractivity contribution is 9.10. The van der Waals surface area contributed by atoms with Gasteiger partial charge in [-0.3, -0.25) is 4.90 Å². The number of halogens is 1. The van der Waals surface area contributed by atoms with E-state index in [-0.39, 0.29) is 0 Å². The van der Waals surface area contributed by atoms with E-state index in [9.17, 15) is 0 Å². The van der Waals surface area contributed by atoms with Crippen molar-refractivity contribution in [2.45, 2.75) is 26.5 Å². The summed E-state index contributed by atoms with van der Waals surface area (Å²) in [6, 6.07) is 8.42. The van der Waals surface area contributed by atoms with Gasteiger partial charge in [-0.15, -0.1) is 0 Å². The van der Waals surface area contributed by atoms with Gasteiger partial charge in [-0.25, -0.2) is 0 Å². The summed E-state index contributed by atoms with van der Waals surface area (Å²) in [7, 11) is 0. The Labute approximate surface area is 130 Å². The summed E-state index contributed by atoms with van der Waals surface area (Å²) in [5.41, 5.74) is 1.30. The minimum atomic E-state index is 0.314. The Balaban J connectivity index is 1.71. The summed E-state index contributed by atoms with van der Waals surface area (Å²) in [5.74, 6) is 0.725. The number of rotatable bonds is 6. The minimum absolute atomic E-state index is 0.314. The first-order valence-electron chi connectivity index (χ1n) is 7.42. The number of hydrogen-bond donors (Lipinski definition) is 1. The van der Waals surface area contributed by atoms with Crippen LogP contribution in [0.5, 0.6) is 0 Å². The molecule has 1 aliphatic rings. The van der Waals surface area contributed by atoms with E-state index < -0.39 is 0 Å². The molecule has 0 spiro atoms. The van der Waals surface area contributed by atoms with Crippen molar-refractivity contribution in [1.29, 1.82) is 0 Å². The normalized spacial score (nSPS) is 20.5. The Morgan fingerprint density at radius 1 is 1.45 bits per heavy atom. The van der Waals surface area contributed by atoms with E-state index in [1.807, 2.05) is 0 Å². The van der Waals surface area contributed by atoms with Crippen molar-refractivity contribution < 1.29 is 4.74 Å². The van der Waals surface area contributed by atoms with E-state index in [0.717, 1.165) is 43.2 Å². The van der Waals surface area contributed by atoms with Gasteiger partial charge in [0.15, 0.2) is 0 Å². The third kappa shape index (κ3) is 5.52. The molecule has 2 rings (SSSR count). The van der Waals surface area contributed by atoms with Gasteiger partial charge in [0.2, 0.25) is 0 Å². The van der Waals surface area contributed by atoms with Gasteiger partial charge in [0.25, 0.3) is 0 Å². The van der Waals surface area contributed by atoms with Crippen LogP contribution in [-0.2, 0) is 11.3 Å². The summed E-state index contributed by atoms with van der Waals surface area (Å²) in [4.78, 5) is 2.51. The number of nitrogens with one attached hydrogen (secondary N) is 1. The van der Waals surface area contributed by atoms with Crippen LogP contribution in [0.15, 0.2) is 28.7 Å². The van der Waals surface area contributed by atoms with Crippen LogP contribution < -0.4 is 5.32 Å². The fraction of sp³-hybridized carbons (Fsp3) is 0.625. The second kappa shape index (κ2) is 8.13. The highest BCUT2D eigenvalue weighted by atomic mass is 79.9. The van der Waals surface area contributed by atoms with Crippen molar-refractivity contribution in [3.05, 3.63) is 34.3 Å². The van der Waals surface area contributed by atoms with Gasteiger partial charge in [-0.2, -0.15) is 0 Å². The van der Waals surface area contributed by atoms with Crippen molar-refractivity contribution in [3.63, 3.8) is 0 Å². The maximum absolute atomic E-state index is 5.84. The Hall–Kier alpha value is -0.420. The molecule has 0 bridgehead atoms. The van der Waals surface area contributed by atoms with Gasteiger partial charge < -0.3 is 10.1 Å². The molecule has 1 aromatic carbocycles. The molecule has 1 aromatic rings. The van der Waals surface area contributed by atoms with E-state index >= 15 is 0 Å². The summed E-state index contributed by atoms with van der Waals surface area (Å²) in [6.45, 7) is 10.5. The van der Waals surface area contributed by atoms with Gasteiger partial charge in [0.1, 0.15) is 0 Å². The van der Waals surface area contributed by atoms with E-state index in [4.69, 9.17) is 4.74 Å². The summed E-state index contributed by atoms with van der Waals surface area (Å²) < 4.78 is 6.97. The average molecular weight is 341 g/mol. The zero-order chi connectivity index (χ0) is 14.4. The minimum Gasteiger partial charge on any atom is -0.374 e. The van der Waals surface area contributed by atoms with Crippen molar-refractivity contribution in [1.82, 2.24) is 10.2 Å². The molecule has 1 fully saturated rings. The largest absolute Gasteiger partial charge is 0.374 e. The zero-order valence-electron chi connectivity index (χ0n) is 12.4. The molecule has 0 radical (unpaired) electrons. The van der Waals surface area contributed by atoms with Crippen molar-refractivity contribution in [2.75, 3.05) is 32.8 Å². The first kappa shape index (κ1) is 16.0. The smallest absolute Gasteiger partial charge is 0.0826 e. The molecule has 0 aliphatic carbocycles. The molecule has 112 valence electrons. The molecule has 1 N–H and O–H groups in total. The Kier molecular flexibility index (Phi) is 6.49. The fourth-order valence-corrected chi connectivity index (χ4v) is 3.06. The summed E-state index contributed by atoms with van der Waals surface area (Å²) in [6.07, 6.45) is 0.314. The predicted octanol–water partition coefficient (Wildman–Crippen LogP) is 2.90. The Morgan fingerprint density at radius 2 is 2.30 bits per heavy atom. The molecule has 20 heavy (non-hydrogen) atoms. The summed E-state index contributed by atoms with van der Waals surface area (Å²) >= 11 is 3.50. The molecule has 0 amide bonds. The molecule has 0 aromatic heterocycles. The first-order valence-corrected chi connectivity index (χ1v) is 8.22. The lowest BCUT2D eigenvalue weighted by Gasteiger charge is -2.34. The van der Waals surface area contributed by atoms with Crippen LogP contribution in [-0.4, -0.2) is 43.8 Å². The van der Waals surface area contributed by atoms with Crippen molar-refractivity contribution >= 4 is 15.9 Å². The standard InChI is InChI=1S/C16H25BrN2O/c1-13(2)11-19-6-7-20-16(12-19)10-18-9-14-4-3-5-15(17)8-14/h3-5,8,13,16,18H,6-7,9-12H2,1-2H3. The van der Waals surface area contributed by atoms with Crippen LogP contribution in [0.1, 0.15) is 19.4 Å². The lowest BCUT2D eigenvalue weighted by Crippen LogP contribution is -2.47. The molecule has 3 nitrogen and oxygen atoms in total. The van der Waals surface area contributed by atoms with Crippen LogP contribution >= 0.6 is 15.9 Å². The van der Waals surface area contributed by atoms with E-state index in [0.29, 0.717) is 6.10 Å². The molecule has 4 heteroatoms. The Morgan fingerprint density at radius 3 is 3.05 bits per heavy atom. The number of hydrogen-bond acceptors (Lipinski definition) is 3. The number of nitrogens with zero attached hydrogens (tertiary/aromatic N) is 1. The third-order valence-corrected chi connectivity index (χ3v) is 3.93. The lowest BCUT2D eigenvalue weighted by molar-refractivity contribution is -0.0303. The maximum Gasteiger partial charge on any atom is 0.0826 e. The fourth-order valence-electron chi connectivity index (χ4n) is 2.61. The van der Waals surface area contributed by atoms with Gasteiger partial charge in [0, 0.05) is 37.2 Å². The highest BCUT2D eigenvalue weighted by Crippen LogP contribution is 2.12. The molecular formula is C16H25BrN2O. The van der Waals surface area contributed by atoms with Gasteiger partial charge in [-0.1, -0.05) is 41.9 Å². The van der Waals surface area contributed by atoms with Gasteiger partial charge in [0.05, 0.1) is 12.7 Å². The third-order valence-electron chi connectivity index (χ3n) is 3.44. The van der Waals surface area contributed by atoms with Gasteiger partial charge >= 0.3 is 0 Å². The van der Waals surface area contributed by atoms with Crippen LogP contribution in [0, 0.1) is 5.92 Å². The predicted molar refractivity (Wildman–Crippen MR) is 86.9 cm³/mol. The molecule has 1 unspecified atom stereocenters. The molecule has 1 atom stereocenters. The topological polar surface area (TPSA) is 24.5 Å². The average Bonchev–Trinajstić information content (AvgIpc) is 2.38. The highest BCUT2D eigenvalue weighted by Gasteiger charge is 2.20. The molecule has 1 aliphatic heterocycles. The van der Waals surface area contributed by atoms with Crippen LogP contribution in [0.3, 0.4) is 0 Å². The number of morpholine rings is 1. The monoisotopic (exact) mass is 340 g/mol. The number of ether oxygens (including phenoxy) is 1. The van der Waals surface area contributed by atoms with E-state index in [1.165, 1.54) is 12.1 Å². The number of benzene rings is 1. The molecule has 1 saturated heterocycles. The van der Waals surface area contributed by atoms with Crippen LogP contribution in [0.4, 0.5) is 0 Å². The second-order valence-electron chi connectivity index (χ2n) is 5.91. The molecule has 1 heterocycles. The second-order valence-corrected chi connectivity index (χ2v) is 6.82. The zero-order valence-corrected chi connectivity index (χ0v) is 14.0. The van der Waals surface area contributed by atoms with Gasteiger partial charge in [-0.05, 0) is 23.6 Å². The van der Waals surface area contributed by atoms with Crippen molar-refractivity contribution in [2.24, 2.45) is 5.92 Å². The first-order chi connectivity index (χ1) is 9.63.